The molecule has 1 aliphatic carbocycles. The average molecular weight is 193 g/mol. The molecule has 1 saturated carbocycles. The molecule has 0 saturated heterocycles. The summed E-state index contributed by atoms with van der Waals surface area (Å²) < 4.78 is 1.97. The average Bonchev–Trinajstić information content (AvgIpc) is 2.51. The van der Waals surface area contributed by atoms with Crippen LogP contribution in [-0.2, 0) is 7.05 Å². The van der Waals surface area contributed by atoms with Gasteiger partial charge in [-0.15, -0.1) is 0 Å². The van der Waals surface area contributed by atoms with E-state index in [9.17, 15) is 0 Å². The number of hydrogen-bond acceptors (Lipinski definition) is 2. The summed E-state index contributed by atoms with van der Waals surface area (Å²) in [7, 11) is 4.05. The first-order chi connectivity index (χ1) is 6.81. The highest BCUT2D eigenvalue weighted by molar-refractivity contribution is 5.06. The second kappa shape index (κ2) is 4.13. The predicted octanol–water partition coefficient (Wildman–Crippen LogP) is 1.87. The van der Waals surface area contributed by atoms with Gasteiger partial charge in [-0.1, -0.05) is 19.3 Å². The van der Waals surface area contributed by atoms with E-state index in [1.54, 1.807) is 0 Å². The Balaban J connectivity index is 2.01. The minimum atomic E-state index is 0.479. The summed E-state index contributed by atoms with van der Waals surface area (Å²) in [6.45, 7) is 0. The van der Waals surface area contributed by atoms with Gasteiger partial charge in [0.1, 0.15) is 0 Å². The van der Waals surface area contributed by atoms with Gasteiger partial charge in [0.15, 0.2) is 0 Å². The van der Waals surface area contributed by atoms with Crippen LogP contribution in [0.5, 0.6) is 0 Å². The maximum Gasteiger partial charge on any atom is 0.0550 e. The van der Waals surface area contributed by atoms with Crippen LogP contribution in [-0.4, -0.2) is 16.8 Å². The fourth-order valence-corrected chi connectivity index (χ4v) is 2.17. The van der Waals surface area contributed by atoms with Gasteiger partial charge in [-0.25, -0.2) is 0 Å². The van der Waals surface area contributed by atoms with Crippen molar-refractivity contribution in [1.82, 2.24) is 15.1 Å². The van der Waals surface area contributed by atoms with Crippen LogP contribution in [0, 0.1) is 5.92 Å². The van der Waals surface area contributed by atoms with Crippen LogP contribution < -0.4 is 5.32 Å². The molecule has 0 aromatic carbocycles. The Kier molecular flexibility index (Phi) is 2.87. The highest BCUT2D eigenvalue weighted by Crippen LogP contribution is 2.34. The summed E-state index contributed by atoms with van der Waals surface area (Å²) in [5, 5.41) is 7.60. The molecule has 0 amide bonds. The minimum Gasteiger partial charge on any atom is -0.312 e. The molecule has 1 aromatic heterocycles. The highest BCUT2D eigenvalue weighted by atomic mass is 15.3. The van der Waals surface area contributed by atoms with Gasteiger partial charge in [0.05, 0.1) is 5.69 Å². The number of nitrogens with one attached hydrogen (secondary N) is 1. The normalized spacial score (nSPS) is 19.3. The largest absolute Gasteiger partial charge is 0.312 e. The number of nitrogens with zero attached hydrogens (tertiary/aromatic N) is 2. The first-order valence-electron chi connectivity index (χ1n) is 5.46. The molecule has 1 unspecified atom stereocenters. The third-order valence-corrected chi connectivity index (χ3v) is 3.36. The van der Waals surface area contributed by atoms with E-state index >= 15 is 0 Å². The Labute approximate surface area is 85.5 Å². The van der Waals surface area contributed by atoms with Crippen molar-refractivity contribution < 1.29 is 0 Å². The van der Waals surface area contributed by atoms with Gasteiger partial charge in [-0.3, -0.25) is 4.68 Å². The van der Waals surface area contributed by atoms with Gasteiger partial charge in [-0.05, 0) is 25.5 Å². The SMILES string of the molecule is CNC(CC1CCC1)c1ccnn1C. The van der Waals surface area contributed by atoms with Gasteiger partial charge < -0.3 is 5.32 Å². The number of aryl methyl sites for hydroxylation is 1. The topological polar surface area (TPSA) is 29.9 Å². The first-order valence-corrected chi connectivity index (χ1v) is 5.46. The summed E-state index contributed by atoms with van der Waals surface area (Å²) in [4.78, 5) is 0. The Hall–Kier alpha value is -0.830. The van der Waals surface area contributed by atoms with Gasteiger partial charge >= 0.3 is 0 Å². The van der Waals surface area contributed by atoms with E-state index < -0.39 is 0 Å². The molecule has 1 aliphatic rings. The molecule has 2 rings (SSSR count). The van der Waals surface area contributed by atoms with Crippen molar-refractivity contribution in [1.29, 1.82) is 0 Å². The lowest BCUT2D eigenvalue weighted by molar-refractivity contribution is 0.261. The standard InChI is InChI=1S/C11H19N3/c1-12-10(8-9-4-3-5-9)11-6-7-13-14(11)2/h6-7,9-10,12H,3-5,8H2,1-2H3. The molecule has 0 radical (unpaired) electrons. The van der Waals surface area contributed by atoms with Crippen molar-refractivity contribution in [3.8, 4) is 0 Å². The third kappa shape index (κ3) is 1.82. The molecule has 1 fully saturated rings. The Morgan fingerprint density at radius 3 is 2.86 bits per heavy atom. The van der Waals surface area contributed by atoms with Gasteiger partial charge in [0, 0.05) is 19.3 Å². The summed E-state index contributed by atoms with van der Waals surface area (Å²) in [5.74, 6) is 0.933. The van der Waals surface area contributed by atoms with E-state index in [1.165, 1.54) is 31.4 Å². The van der Waals surface area contributed by atoms with Crippen molar-refractivity contribution in [2.75, 3.05) is 7.05 Å². The lowest BCUT2D eigenvalue weighted by Gasteiger charge is -2.29. The monoisotopic (exact) mass is 193 g/mol. The molecule has 78 valence electrons. The van der Waals surface area contributed by atoms with Crippen LogP contribution >= 0.6 is 0 Å². The number of hydrogen-bond donors (Lipinski definition) is 1. The van der Waals surface area contributed by atoms with Crippen LogP contribution in [0.4, 0.5) is 0 Å². The summed E-state index contributed by atoms with van der Waals surface area (Å²) in [5.41, 5.74) is 1.31. The van der Waals surface area contributed by atoms with Crippen LogP contribution in [0.25, 0.3) is 0 Å². The van der Waals surface area contributed by atoms with E-state index in [-0.39, 0.29) is 0 Å². The molecule has 3 heteroatoms. The minimum absolute atomic E-state index is 0.479. The summed E-state index contributed by atoms with van der Waals surface area (Å²) in [6.07, 6.45) is 7.38. The van der Waals surface area contributed by atoms with Crippen LogP contribution in [0.1, 0.15) is 37.4 Å². The van der Waals surface area contributed by atoms with Gasteiger partial charge in [-0.2, -0.15) is 5.10 Å². The van der Waals surface area contributed by atoms with Crippen LogP contribution in [0.2, 0.25) is 0 Å². The number of rotatable bonds is 4. The zero-order valence-electron chi connectivity index (χ0n) is 9.03. The fourth-order valence-electron chi connectivity index (χ4n) is 2.17. The zero-order valence-corrected chi connectivity index (χ0v) is 9.03. The maximum absolute atomic E-state index is 4.21. The summed E-state index contributed by atoms with van der Waals surface area (Å²) >= 11 is 0. The lowest BCUT2D eigenvalue weighted by atomic mass is 9.80. The molecule has 1 heterocycles. The maximum atomic E-state index is 4.21. The smallest absolute Gasteiger partial charge is 0.0550 e. The Morgan fingerprint density at radius 2 is 2.43 bits per heavy atom. The quantitative estimate of drug-likeness (QED) is 0.791. The lowest BCUT2D eigenvalue weighted by Crippen LogP contribution is -2.24. The molecule has 1 atom stereocenters. The third-order valence-electron chi connectivity index (χ3n) is 3.36. The van der Waals surface area contributed by atoms with E-state index in [4.69, 9.17) is 0 Å². The molecule has 1 N–H and O–H groups in total. The second-order valence-corrected chi connectivity index (χ2v) is 4.25. The fraction of sp³-hybridized carbons (Fsp3) is 0.727. The van der Waals surface area contributed by atoms with Gasteiger partial charge in [0.25, 0.3) is 0 Å². The van der Waals surface area contributed by atoms with Crippen LogP contribution in [0.15, 0.2) is 12.3 Å². The Bertz CT molecular complexity index is 288. The van der Waals surface area contributed by atoms with Gasteiger partial charge in [0.2, 0.25) is 0 Å². The van der Waals surface area contributed by atoms with Crippen molar-refractivity contribution in [2.24, 2.45) is 13.0 Å². The zero-order chi connectivity index (χ0) is 9.97. The summed E-state index contributed by atoms with van der Waals surface area (Å²) in [6, 6.07) is 2.59. The number of aromatic nitrogens is 2. The van der Waals surface area contributed by atoms with Crippen molar-refractivity contribution in [3.05, 3.63) is 18.0 Å². The predicted molar refractivity (Wildman–Crippen MR) is 57.0 cm³/mol. The molecule has 0 aliphatic heterocycles. The van der Waals surface area contributed by atoms with E-state index in [2.05, 4.69) is 16.5 Å². The van der Waals surface area contributed by atoms with Crippen molar-refractivity contribution in [2.45, 2.75) is 31.7 Å². The molecular formula is C11H19N3. The van der Waals surface area contributed by atoms with E-state index in [0.29, 0.717) is 6.04 Å². The molecule has 3 nitrogen and oxygen atoms in total. The molecular weight excluding hydrogens is 174 g/mol. The Morgan fingerprint density at radius 1 is 1.64 bits per heavy atom. The van der Waals surface area contributed by atoms with Crippen LogP contribution in [0.3, 0.4) is 0 Å². The van der Waals surface area contributed by atoms with Crippen molar-refractivity contribution in [3.63, 3.8) is 0 Å². The molecule has 1 aromatic rings. The highest BCUT2D eigenvalue weighted by Gasteiger charge is 2.23. The van der Waals surface area contributed by atoms with E-state index in [0.717, 1.165) is 5.92 Å². The van der Waals surface area contributed by atoms with E-state index in [1.807, 2.05) is 25.0 Å². The molecule has 0 bridgehead atoms. The second-order valence-electron chi connectivity index (χ2n) is 4.25. The van der Waals surface area contributed by atoms with Crippen molar-refractivity contribution >= 4 is 0 Å². The molecule has 14 heavy (non-hydrogen) atoms. The molecule has 0 spiro atoms. The first kappa shape index (κ1) is 9.71.